The Balaban J connectivity index is 1.83. The minimum Gasteiger partial charge on any atom is -0.314 e. The summed E-state index contributed by atoms with van der Waals surface area (Å²) in [5, 5.41) is 13.9. The minimum absolute atomic E-state index is 0.470. The summed E-state index contributed by atoms with van der Waals surface area (Å²) in [5.41, 5.74) is 0.281. The second-order valence-corrected chi connectivity index (χ2v) is 5.37. The molecule has 1 N–H and O–H groups in total. The van der Waals surface area contributed by atoms with Crippen molar-refractivity contribution in [3.8, 4) is 0 Å². The van der Waals surface area contributed by atoms with Gasteiger partial charge in [-0.1, -0.05) is 6.07 Å². The van der Waals surface area contributed by atoms with Crippen molar-refractivity contribution in [1.29, 1.82) is 0 Å². The number of benzene rings is 1. The Morgan fingerprint density at radius 1 is 1.43 bits per heavy atom. The smallest absolute Gasteiger partial charge is 0.304 e. The monoisotopic (exact) mass is 296 g/mol. The van der Waals surface area contributed by atoms with Gasteiger partial charge >= 0.3 is 5.69 Å². The van der Waals surface area contributed by atoms with Crippen LogP contribution in [0.3, 0.4) is 0 Å². The third-order valence-electron chi connectivity index (χ3n) is 3.67. The van der Waals surface area contributed by atoms with Crippen molar-refractivity contribution in [2.24, 2.45) is 0 Å². The predicted octanol–water partition coefficient (Wildman–Crippen LogP) is 1.07. The highest BCUT2D eigenvalue weighted by Crippen LogP contribution is 2.18. The van der Waals surface area contributed by atoms with Crippen LogP contribution in [0.25, 0.3) is 0 Å². The van der Waals surface area contributed by atoms with E-state index >= 15 is 0 Å². The zero-order valence-electron chi connectivity index (χ0n) is 12.2. The summed E-state index contributed by atoms with van der Waals surface area (Å²) >= 11 is 0. The Morgan fingerprint density at radius 2 is 2.14 bits per heavy atom. The van der Waals surface area contributed by atoms with Gasteiger partial charge in [0.05, 0.1) is 4.92 Å². The third kappa shape index (κ3) is 4.73. The minimum atomic E-state index is -0.770. The van der Waals surface area contributed by atoms with Gasteiger partial charge in [-0.05, 0) is 18.7 Å². The highest BCUT2D eigenvalue weighted by molar-refractivity contribution is 5.34. The molecule has 1 aromatic carbocycles. The summed E-state index contributed by atoms with van der Waals surface area (Å²) in [6.45, 7) is 6.61. The maximum Gasteiger partial charge on any atom is 0.304 e. The third-order valence-corrected chi connectivity index (χ3v) is 3.67. The molecule has 0 aromatic heterocycles. The first kappa shape index (κ1) is 15.8. The number of piperazine rings is 1. The molecule has 6 nitrogen and oxygen atoms in total. The number of nitro benzene ring substituents is 1. The number of likely N-dealkylation sites (N-methyl/N-ethyl adjacent to an activating group) is 1. The number of nitro groups is 1. The van der Waals surface area contributed by atoms with Gasteiger partial charge in [-0.3, -0.25) is 15.0 Å². The van der Waals surface area contributed by atoms with Crippen LogP contribution in [0.5, 0.6) is 0 Å². The van der Waals surface area contributed by atoms with Crippen molar-refractivity contribution in [2.75, 3.05) is 46.3 Å². The molecule has 1 heterocycles. The fraction of sp³-hybridized carbons (Fsp3) is 0.571. The zero-order chi connectivity index (χ0) is 15.2. The molecule has 0 aliphatic carbocycles. The number of hydrogen-bond donors (Lipinski definition) is 1. The average Bonchev–Trinajstić information content (AvgIpc) is 2.46. The first-order valence-electron chi connectivity index (χ1n) is 7.10. The second-order valence-electron chi connectivity index (χ2n) is 5.37. The summed E-state index contributed by atoms with van der Waals surface area (Å²) in [5.74, 6) is -0.770. The number of nitrogens with one attached hydrogen (secondary N) is 1. The van der Waals surface area contributed by atoms with Gasteiger partial charge in [-0.2, -0.15) is 4.39 Å². The van der Waals surface area contributed by atoms with E-state index < -0.39 is 16.4 Å². The Kier molecular flexibility index (Phi) is 5.60. The highest BCUT2D eigenvalue weighted by atomic mass is 19.1. The largest absolute Gasteiger partial charge is 0.314 e. The molecule has 1 saturated heterocycles. The van der Waals surface area contributed by atoms with E-state index in [1.165, 1.54) is 12.1 Å². The molecule has 0 unspecified atom stereocenters. The predicted molar refractivity (Wildman–Crippen MR) is 78.7 cm³/mol. The molecule has 0 saturated carbocycles. The van der Waals surface area contributed by atoms with E-state index in [1.54, 1.807) is 6.07 Å². The van der Waals surface area contributed by atoms with Crippen LogP contribution in [0.1, 0.15) is 5.56 Å². The maximum atomic E-state index is 13.6. The normalized spacial score (nSPS) is 16.3. The van der Waals surface area contributed by atoms with Crippen LogP contribution in [0.15, 0.2) is 18.2 Å². The summed E-state index contributed by atoms with van der Waals surface area (Å²) in [6, 6.07) is 4.09. The van der Waals surface area contributed by atoms with Gasteiger partial charge in [0.15, 0.2) is 0 Å². The summed E-state index contributed by atoms with van der Waals surface area (Å²) in [7, 11) is 1.97. The standard InChI is InChI=1S/C14H21FN4O2/c1-17(8-9-18-6-4-16-5-7-18)11-12-2-3-14(19(20)21)13(15)10-12/h2-3,10,16H,4-9,11H2,1H3. The van der Waals surface area contributed by atoms with E-state index in [-0.39, 0.29) is 0 Å². The quantitative estimate of drug-likeness (QED) is 0.628. The molecule has 0 spiro atoms. The van der Waals surface area contributed by atoms with Crippen molar-refractivity contribution in [3.05, 3.63) is 39.7 Å². The number of nitrogens with zero attached hydrogens (tertiary/aromatic N) is 3. The molecule has 0 atom stereocenters. The highest BCUT2D eigenvalue weighted by Gasteiger charge is 2.15. The van der Waals surface area contributed by atoms with E-state index in [2.05, 4.69) is 15.1 Å². The van der Waals surface area contributed by atoms with Crippen molar-refractivity contribution < 1.29 is 9.31 Å². The van der Waals surface area contributed by atoms with E-state index in [9.17, 15) is 14.5 Å². The van der Waals surface area contributed by atoms with Gasteiger partial charge in [0.2, 0.25) is 5.82 Å². The van der Waals surface area contributed by atoms with Crippen LogP contribution < -0.4 is 5.32 Å². The molecule has 1 aliphatic heterocycles. The first-order chi connectivity index (χ1) is 10.1. The fourth-order valence-electron chi connectivity index (χ4n) is 2.43. The van der Waals surface area contributed by atoms with E-state index in [0.717, 1.165) is 44.8 Å². The van der Waals surface area contributed by atoms with Gasteiger partial charge in [0, 0.05) is 51.9 Å². The van der Waals surface area contributed by atoms with Gasteiger partial charge in [-0.25, -0.2) is 0 Å². The Morgan fingerprint density at radius 3 is 2.76 bits per heavy atom. The molecule has 7 heteroatoms. The molecule has 1 fully saturated rings. The Bertz CT molecular complexity index is 492. The van der Waals surface area contributed by atoms with E-state index in [0.29, 0.717) is 6.54 Å². The number of rotatable bonds is 6. The molecule has 2 rings (SSSR count). The maximum absolute atomic E-state index is 13.6. The van der Waals surface area contributed by atoms with Gasteiger partial charge in [0.1, 0.15) is 0 Å². The Hall–Kier alpha value is -1.57. The topological polar surface area (TPSA) is 61.6 Å². The fourth-order valence-corrected chi connectivity index (χ4v) is 2.43. The Labute approximate surface area is 123 Å². The van der Waals surface area contributed by atoms with Crippen LogP contribution in [0.4, 0.5) is 10.1 Å². The lowest BCUT2D eigenvalue weighted by molar-refractivity contribution is -0.387. The average molecular weight is 296 g/mol. The van der Waals surface area contributed by atoms with Gasteiger partial charge in [-0.15, -0.1) is 0 Å². The second kappa shape index (κ2) is 7.44. The van der Waals surface area contributed by atoms with Crippen LogP contribution in [-0.2, 0) is 6.54 Å². The molecule has 116 valence electrons. The molecule has 0 radical (unpaired) electrons. The van der Waals surface area contributed by atoms with E-state index in [1.807, 2.05) is 7.05 Å². The lowest BCUT2D eigenvalue weighted by Gasteiger charge is -2.29. The molecule has 0 bridgehead atoms. The van der Waals surface area contributed by atoms with Crippen LogP contribution >= 0.6 is 0 Å². The van der Waals surface area contributed by atoms with E-state index in [4.69, 9.17) is 0 Å². The molecule has 21 heavy (non-hydrogen) atoms. The lowest BCUT2D eigenvalue weighted by atomic mass is 10.2. The molecular weight excluding hydrogens is 275 g/mol. The first-order valence-corrected chi connectivity index (χ1v) is 7.10. The van der Waals surface area contributed by atoms with Crippen molar-refractivity contribution in [2.45, 2.75) is 6.54 Å². The van der Waals surface area contributed by atoms with Gasteiger partial charge < -0.3 is 10.2 Å². The molecular formula is C14H21FN4O2. The molecule has 1 aromatic rings. The van der Waals surface area contributed by atoms with Gasteiger partial charge in [0.25, 0.3) is 0 Å². The van der Waals surface area contributed by atoms with Crippen LogP contribution in [0.2, 0.25) is 0 Å². The van der Waals surface area contributed by atoms with Crippen molar-refractivity contribution >= 4 is 5.69 Å². The molecule has 0 amide bonds. The van der Waals surface area contributed by atoms with Crippen molar-refractivity contribution in [3.63, 3.8) is 0 Å². The summed E-state index contributed by atoms with van der Waals surface area (Å²) in [4.78, 5) is 14.4. The van der Waals surface area contributed by atoms with Crippen LogP contribution in [0, 0.1) is 15.9 Å². The zero-order valence-corrected chi connectivity index (χ0v) is 12.2. The SMILES string of the molecule is CN(CCN1CCNCC1)Cc1ccc([N+](=O)[O-])c(F)c1. The number of halogens is 1. The summed E-state index contributed by atoms with van der Waals surface area (Å²) < 4.78 is 13.6. The number of hydrogen-bond acceptors (Lipinski definition) is 5. The lowest BCUT2D eigenvalue weighted by Crippen LogP contribution is -2.45. The van der Waals surface area contributed by atoms with Crippen LogP contribution in [-0.4, -0.2) is 61.0 Å². The molecule has 1 aliphatic rings. The summed E-state index contributed by atoms with van der Waals surface area (Å²) in [6.07, 6.45) is 0. The van der Waals surface area contributed by atoms with Crippen molar-refractivity contribution in [1.82, 2.24) is 15.1 Å².